The Labute approximate surface area is 127 Å². The van der Waals surface area contributed by atoms with Gasteiger partial charge in [0.1, 0.15) is 5.75 Å². The van der Waals surface area contributed by atoms with Gasteiger partial charge in [-0.05, 0) is 47.4 Å². The molecule has 1 aliphatic carbocycles. The topological polar surface area (TPSA) is 29.5 Å². The number of hydrogen-bond acceptors (Lipinski definition) is 2. The van der Waals surface area contributed by atoms with Gasteiger partial charge in [0.2, 0.25) is 0 Å². The fraction of sp³-hybridized carbons (Fsp3) is 0.250. The predicted octanol–water partition coefficient (Wildman–Crippen LogP) is 4.57. The summed E-state index contributed by atoms with van der Waals surface area (Å²) in [6.45, 7) is 0. The van der Waals surface area contributed by atoms with E-state index < -0.39 is 6.10 Å². The van der Waals surface area contributed by atoms with Gasteiger partial charge in [0.25, 0.3) is 0 Å². The average molecular weight is 309 g/mol. The minimum absolute atomic E-state index is 0.140. The zero-order valence-electron chi connectivity index (χ0n) is 10.9. The fourth-order valence-electron chi connectivity index (χ4n) is 2.81. The number of aliphatic hydroxyl groups excluding tert-OH is 1. The molecule has 1 N–H and O–H groups in total. The summed E-state index contributed by atoms with van der Waals surface area (Å²) in [7, 11) is 1.62. The molecule has 0 unspecified atom stereocenters. The molecule has 0 fully saturated rings. The minimum Gasteiger partial charge on any atom is -0.497 e. The van der Waals surface area contributed by atoms with Crippen molar-refractivity contribution < 1.29 is 9.84 Å². The van der Waals surface area contributed by atoms with Gasteiger partial charge in [0, 0.05) is 5.92 Å². The Morgan fingerprint density at radius 1 is 1.05 bits per heavy atom. The first kappa shape index (κ1) is 13.7. The maximum absolute atomic E-state index is 10.2. The van der Waals surface area contributed by atoms with E-state index in [9.17, 15) is 5.11 Å². The van der Waals surface area contributed by atoms with Crippen LogP contribution >= 0.6 is 23.2 Å². The molecule has 0 bridgehead atoms. The molecule has 0 amide bonds. The van der Waals surface area contributed by atoms with Gasteiger partial charge < -0.3 is 9.84 Å². The Balaban J connectivity index is 2.04. The first-order chi connectivity index (χ1) is 9.60. The Kier molecular flexibility index (Phi) is 3.63. The largest absolute Gasteiger partial charge is 0.497 e. The summed E-state index contributed by atoms with van der Waals surface area (Å²) in [5.41, 5.74) is 3.12. The molecule has 2 atom stereocenters. The highest BCUT2D eigenvalue weighted by Gasteiger charge is 2.31. The van der Waals surface area contributed by atoms with Gasteiger partial charge in [-0.15, -0.1) is 0 Å². The lowest BCUT2D eigenvalue weighted by Gasteiger charge is -2.13. The Morgan fingerprint density at radius 2 is 1.85 bits per heavy atom. The predicted molar refractivity (Wildman–Crippen MR) is 80.9 cm³/mol. The summed E-state index contributed by atoms with van der Waals surface area (Å²) >= 11 is 12.0. The van der Waals surface area contributed by atoms with Gasteiger partial charge in [-0.3, -0.25) is 0 Å². The third-order valence-electron chi connectivity index (χ3n) is 3.83. The maximum Gasteiger partial charge on any atom is 0.119 e. The lowest BCUT2D eigenvalue weighted by molar-refractivity contribution is 0.176. The number of benzene rings is 2. The number of ether oxygens (including phenoxy) is 1. The maximum atomic E-state index is 10.2. The number of rotatable bonds is 2. The molecule has 0 spiro atoms. The van der Waals surface area contributed by atoms with E-state index in [1.807, 2.05) is 30.3 Å². The van der Waals surface area contributed by atoms with Crippen molar-refractivity contribution in [2.45, 2.75) is 18.4 Å². The molecule has 0 radical (unpaired) electrons. The van der Waals surface area contributed by atoms with Crippen molar-refractivity contribution in [2.75, 3.05) is 7.11 Å². The van der Waals surface area contributed by atoms with Crippen LogP contribution in [0.25, 0.3) is 0 Å². The van der Waals surface area contributed by atoms with Crippen LogP contribution in [-0.2, 0) is 0 Å². The first-order valence-electron chi connectivity index (χ1n) is 6.41. The fourth-order valence-corrected chi connectivity index (χ4v) is 3.11. The van der Waals surface area contributed by atoms with Crippen molar-refractivity contribution >= 4 is 23.2 Å². The zero-order chi connectivity index (χ0) is 14.3. The SMILES string of the molecule is COc1ccc2c(c1)[C@@H](O)C[C@H]2c1ccc(Cl)c(Cl)c1. The normalized spacial score (nSPS) is 20.8. The molecule has 1 aliphatic rings. The Morgan fingerprint density at radius 3 is 2.55 bits per heavy atom. The molecule has 104 valence electrons. The monoisotopic (exact) mass is 308 g/mol. The van der Waals surface area contributed by atoms with Gasteiger partial charge >= 0.3 is 0 Å². The molecular weight excluding hydrogens is 295 g/mol. The van der Waals surface area contributed by atoms with Crippen LogP contribution in [0.1, 0.15) is 35.1 Å². The summed E-state index contributed by atoms with van der Waals surface area (Å²) in [4.78, 5) is 0. The van der Waals surface area contributed by atoms with Crippen molar-refractivity contribution in [2.24, 2.45) is 0 Å². The van der Waals surface area contributed by atoms with Crippen molar-refractivity contribution in [1.29, 1.82) is 0 Å². The van der Waals surface area contributed by atoms with Crippen molar-refractivity contribution in [3.05, 3.63) is 63.1 Å². The van der Waals surface area contributed by atoms with E-state index in [4.69, 9.17) is 27.9 Å². The molecule has 20 heavy (non-hydrogen) atoms. The van der Waals surface area contributed by atoms with E-state index in [1.54, 1.807) is 13.2 Å². The third kappa shape index (κ3) is 2.28. The van der Waals surface area contributed by atoms with Crippen LogP contribution in [0, 0.1) is 0 Å². The highest BCUT2D eigenvalue weighted by molar-refractivity contribution is 6.42. The van der Waals surface area contributed by atoms with Gasteiger partial charge in [-0.1, -0.05) is 35.3 Å². The molecule has 0 saturated carbocycles. The van der Waals surface area contributed by atoms with Crippen LogP contribution in [0.5, 0.6) is 5.75 Å². The number of fused-ring (bicyclic) bond motifs is 1. The summed E-state index contributed by atoms with van der Waals surface area (Å²) in [5.74, 6) is 0.901. The zero-order valence-corrected chi connectivity index (χ0v) is 12.4. The number of halogens is 2. The van der Waals surface area contributed by atoms with E-state index in [0.29, 0.717) is 16.5 Å². The lowest BCUT2D eigenvalue weighted by Crippen LogP contribution is -1.96. The van der Waals surface area contributed by atoms with Crippen LogP contribution in [0.4, 0.5) is 0 Å². The molecule has 4 heteroatoms. The number of methoxy groups -OCH3 is 1. The molecule has 0 saturated heterocycles. The Hall–Kier alpha value is -1.22. The summed E-state index contributed by atoms with van der Waals surface area (Å²) < 4.78 is 5.21. The smallest absolute Gasteiger partial charge is 0.119 e. The number of aliphatic hydroxyl groups is 1. The standard InChI is InChI=1S/C16H14Cl2O2/c1-20-10-3-4-11-12(8-16(19)13(11)7-10)9-2-5-14(17)15(18)6-9/h2-7,12,16,19H,8H2,1H3/t12-,16-/m0/s1. The van der Waals surface area contributed by atoms with E-state index >= 15 is 0 Å². The van der Waals surface area contributed by atoms with Gasteiger partial charge in [0.05, 0.1) is 23.3 Å². The second-order valence-corrected chi connectivity index (χ2v) is 5.79. The molecule has 3 rings (SSSR count). The van der Waals surface area contributed by atoms with Crippen LogP contribution in [-0.4, -0.2) is 12.2 Å². The van der Waals surface area contributed by atoms with E-state index in [-0.39, 0.29) is 5.92 Å². The van der Waals surface area contributed by atoms with Gasteiger partial charge in [0.15, 0.2) is 0 Å². The number of hydrogen-bond donors (Lipinski definition) is 1. The summed E-state index contributed by atoms with van der Waals surface area (Å²) in [6.07, 6.45) is 0.181. The summed E-state index contributed by atoms with van der Waals surface area (Å²) in [6, 6.07) is 11.5. The highest BCUT2D eigenvalue weighted by atomic mass is 35.5. The van der Waals surface area contributed by atoms with Gasteiger partial charge in [-0.25, -0.2) is 0 Å². The molecule has 2 aromatic carbocycles. The lowest BCUT2D eigenvalue weighted by atomic mass is 9.93. The van der Waals surface area contributed by atoms with E-state index in [1.165, 1.54) is 0 Å². The molecule has 2 aromatic rings. The van der Waals surface area contributed by atoms with E-state index in [2.05, 4.69) is 0 Å². The van der Waals surface area contributed by atoms with Crippen LogP contribution in [0.2, 0.25) is 10.0 Å². The van der Waals surface area contributed by atoms with Crippen molar-refractivity contribution in [3.8, 4) is 5.75 Å². The molecular formula is C16H14Cl2O2. The second kappa shape index (κ2) is 5.28. The molecule has 0 heterocycles. The van der Waals surface area contributed by atoms with Crippen LogP contribution in [0.15, 0.2) is 36.4 Å². The van der Waals surface area contributed by atoms with Crippen molar-refractivity contribution in [3.63, 3.8) is 0 Å². The van der Waals surface area contributed by atoms with Crippen LogP contribution < -0.4 is 4.74 Å². The van der Waals surface area contributed by atoms with Crippen molar-refractivity contribution in [1.82, 2.24) is 0 Å². The van der Waals surface area contributed by atoms with Gasteiger partial charge in [-0.2, -0.15) is 0 Å². The quantitative estimate of drug-likeness (QED) is 0.880. The molecule has 0 aromatic heterocycles. The first-order valence-corrected chi connectivity index (χ1v) is 7.16. The molecule has 0 aliphatic heterocycles. The Bertz CT molecular complexity index is 655. The van der Waals surface area contributed by atoms with Crippen LogP contribution in [0.3, 0.4) is 0 Å². The van der Waals surface area contributed by atoms with E-state index in [0.717, 1.165) is 22.4 Å². The average Bonchev–Trinajstić information content (AvgIpc) is 2.79. The summed E-state index contributed by atoms with van der Waals surface area (Å²) in [5, 5.41) is 11.3. The minimum atomic E-state index is -0.473. The second-order valence-electron chi connectivity index (χ2n) is 4.97. The molecule has 2 nitrogen and oxygen atoms in total. The highest BCUT2D eigenvalue weighted by Crippen LogP contribution is 2.45. The third-order valence-corrected chi connectivity index (χ3v) is 4.57.